The van der Waals surface area contributed by atoms with Crippen LogP contribution in [-0.2, 0) is 4.74 Å². The van der Waals surface area contributed by atoms with E-state index < -0.39 is 8.80 Å². The Morgan fingerprint density at radius 2 is 1.62 bits per heavy atom. The summed E-state index contributed by atoms with van der Waals surface area (Å²) in [6, 6.07) is 0. The van der Waals surface area contributed by atoms with Crippen LogP contribution in [0.4, 0.5) is 0 Å². The van der Waals surface area contributed by atoms with E-state index in [0.29, 0.717) is 11.6 Å². The van der Waals surface area contributed by atoms with Crippen LogP contribution >= 0.6 is 0 Å². The fourth-order valence-electron chi connectivity index (χ4n) is 3.16. The summed E-state index contributed by atoms with van der Waals surface area (Å²) in [5.74, 6) is 0. The van der Waals surface area contributed by atoms with Crippen molar-refractivity contribution in [3.63, 3.8) is 0 Å². The summed E-state index contributed by atoms with van der Waals surface area (Å²) < 4.78 is 5.78. The van der Waals surface area contributed by atoms with Crippen LogP contribution in [-0.4, -0.2) is 22.0 Å². The number of hydrogen-bond acceptors (Lipinski definition) is 1. The molecule has 0 atom stereocenters. The number of rotatable bonds is 7. The molecule has 0 saturated carbocycles. The van der Waals surface area contributed by atoms with E-state index in [1.54, 1.807) is 0 Å². The maximum absolute atomic E-state index is 5.78. The van der Waals surface area contributed by atoms with E-state index in [9.17, 15) is 0 Å². The molecular weight excluding hydrogens is 212 g/mol. The summed E-state index contributed by atoms with van der Waals surface area (Å²) in [7, 11) is -0.807. The van der Waals surface area contributed by atoms with Gasteiger partial charge in [0.2, 0.25) is 0 Å². The first-order valence-electron chi connectivity index (χ1n) is 6.40. The van der Waals surface area contributed by atoms with Crippen LogP contribution in [0.15, 0.2) is 12.2 Å². The van der Waals surface area contributed by atoms with Crippen molar-refractivity contribution < 1.29 is 4.74 Å². The zero-order valence-corrected chi connectivity index (χ0v) is 13.4. The van der Waals surface area contributed by atoms with Crippen LogP contribution in [0.25, 0.3) is 0 Å². The third-order valence-electron chi connectivity index (χ3n) is 3.16. The molecule has 0 aromatic heterocycles. The Kier molecular flexibility index (Phi) is 6.57. The molecule has 0 N–H and O–H groups in total. The Morgan fingerprint density at radius 3 is 1.94 bits per heavy atom. The molecule has 2 heteroatoms. The SMILES string of the molecule is C=C(C)COCC(C)(C)[SiH](C(C)C)C(C)C. The van der Waals surface area contributed by atoms with Gasteiger partial charge in [-0.2, -0.15) is 0 Å². The minimum absolute atomic E-state index is 0.373. The van der Waals surface area contributed by atoms with Crippen molar-refractivity contribution >= 4 is 8.80 Å². The molecule has 0 spiro atoms. The molecule has 0 saturated heterocycles. The molecule has 0 aliphatic heterocycles. The standard InChI is InChI=1S/C14H30OSi/c1-11(2)9-15-10-14(7,8)16(12(3)4)13(5)6/h12-13,16H,1,9-10H2,2-8H3. The van der Waals surface area contributed by atoms with E-state index in [2.05, 4.69) is 48.1 Å². The van der Waals surface area contributed by atoms with Gasteiger partial charge >= 0.3 is 0 Å². The first-order chi connectivity index (χ1) is 7.18. The fourth-order valence-corrected chi connectivity index (χ4v) is 8.62. The lowest BCUT2D eigenvalue weighted by Crippen LogP contribution is -2.37. The van der Waals surface area contributed by atoms with Gasteiger partial charge in [-0.3, -0.25) is 0 Å². The van der Waals surface area contributed by atoms with Crippen LogP contribution in [0.2, 0.25) is 16.1 Å². The predicted octanol–water partition coefficient (Wildman–Crippen LogP) is 4.41. The molecule has 0 rings (SSSR count). The van der Waals surface area contributed by atoms with Crippen molar-refractivity contribution in [2.75, 3.05) is 13.2 Å². The summed E-state index contributed by atoms with van der Waals surface area (Å²) in [6.07, 6.45) is 0. The second-order valence-corrected chi connectivity index (χ2v) is 11.7. The maximum atomic E-state index is 5.78. The summed E-state index contributed by atoms with van der Waals surface area (Å²) in [6.45, 7) is 21.7. The monoisotopic (exact) mass is 242 g/mol. The third kappa shape index (κ3) is 5.31. The Hall–Kier alpha value is -0.0831. The number of ether oxygens (including phenoxy) is 1. The molecule has 0 aromatic rings. The average Bonchev–Trinajstić information content (AvgIpc) is 1.98. The molecule has 0 aliphatic rings. The maximum Gasteiger partial charge on any atom is 0.0671 e. The Bertz CT molecular complexity index is 211. The average molecular weight is 242 g/mol. The number of hydrogen-bond donors (Lipinski definition) is 0. The van der Waals surface area contributed by atoms with Crippen LogP contribution in [0, 0.1) is 0 Å². The van der Waals surface area contributed by atoms with Gasteiger partial charge in [-0.1, -0.05) is 64.8 Å². The molecule has 0 unspecified atom stereocenters. The Morgan fingerprint density at radius 1 is 1.19 bits per heavy atom. The lowest BCUT2D eigenvalue weighted by Gasteiger charge is -2.38. The zero-order valence-electron chi connectivity index (χ0n) is 12.3. The van der Waals surface area contributed by atoms with Crippen molar-refractivity contribution in [1.29, 1.82) is 0 Å². The molecular formula is C14H30OSi. The minimum atomic E-state index is -0.807. The topological polar surface area (TPSA) is 9.23 Å². The Balaban J connectivity index is 4.41. The second kappa shape index (κ2) is 6.60. The van der Waals surface area contributed by atoms with Crippen molar-refractivity contribution in [2.24, 2.45) is 0 Å². The van der Waals surface area contributed by atoms with E-state index in [-0.39, 0.29) is 0 Å². The van der Waals surface area contributed by atoms with Gasteiger partial charge in [-0.25, -0.2) is 0 Å². The van der Waals surface area contributed by atoms with E-state index in [1.807, 2.05) is 6.92 Å². The van der Waals surface area contributed by atoms with Gasteiger partial charge in [0.05, 0.1) is 15.4 Å². The van der Waals surface area contributed by atoms with Crippen molar-refractivity contribution in [1.82, 2.24) is 0 Å². The van der Waals surface area contributed by atoms with Crippen LogP contribution in [0.3, 0.4) is 0 Å². The summed E-state index contributed by atoms with van der Waals surface area (Å²) in [5.41, 5.74) is 2.79. The van der Waals surface area contributed by atoms with Crippen molar-refractivity contribution in [3.05, 3.63) is 12.2 Å². The van der Waals surface area contributed by atoms with Gasteiger partial charge in [-0.15, -0.1) is 0 Å². The van der Waals surface area contributed by atoms with Gasteiger partial charge in [0.25, 0.3) is 0 Å². The Labute approximate surface area is 104 Å². The highest BCUT2D eigenvalue weighted by atomic mass is 28.3. The minimum Gasteiger partial charge on any atom is -0.377 e. The molecule has 0 amide bonds. The van der Waals surface area contributed by atoms with Crippen LogP contribution in [0.1, 0.15) is 48.5 Å². The van der Waals surface area contributed by atoms with E-state index >= 15 is 0 Å². The van der Waals surface area contributed by atoms with Gasteiger partial charge in [-0.05, 0) is 12.0 Å². The first-order valence-corrected chi connectivity index (χ1v) is 8.31. The van der Waals surface area contributed by atoms with Crippen LogP contribution in [0.5, 0.6) is 0 Å². The molecule has 0 aliphatic carbocycles. The second-order valence-electron chi connectivity index (χ2n) is 6.45. The highest BCUT2D eigenvalue weighted by Crippen LogP contribution is 2.40. The first kappa shape index (κ1) is 15.9. The molecule has 0 aromatic carbocycles. The molecule has 0 bridgehead atoms. The quantitative estimate of drug-likeness (QED) is 0.475. The molecule has 0 radical (unpaired) electrons. The summed E-state index contributed by atoms with van der Waals surface area (Å²) in [5, 5.41) is 0.373. The normalized spacial score (nSPS) is 12.9. The predicted molar refractivity (Wildman–Crippen MR) is 77.0 cm³/mol. The molecule has 0 fully saturated rings. The zero-order chi connectivity index (χ0) is 12.9. The summed E-state index contributed by atoms with van der Waals surface area (Å²) in [4.78, 5) is 0. The lowest BCUT2D eigenvalue weighted by molar-refractivity contribution is 0.132. The van der Waals surface area contributed by atoms with Crippen molar-refractivity contribution in [3.8, 4) is 0 Å². The largest absolute Gasteiger partial charge is 0.377 e. The molecule has 16 heavy (non-hydrogen) atoms. The van der Waals surface area contributed by atoms with Gasteiger partial charge in [0, 0.05) is 6.61 Å². The molecule has 0 heterocycles. The molecule has 1 nitrogen and oxygen atoms in total. The third-order valence-corrected chi connectivity index (χ3v) is 8.01. The van der Waals surface area contributed by atoms with Gasteiger partial charge < -0.3 is 4.74 Å². The van der Waals surface area contributed by atoms with E-state index in [4.69, 9.17) is 4.74 Å². The van der Waals surface area contributed by atoms with Gasteiger partial charge in [0.15, 0.2) is 0 Å². The summed E-state index contributed by atoms with van der Waals surface area (Å²) >= 11 is 0. The highest BCUT2D eigenvalue weighted by molar-refractivity contribution is 6.65. The van der Waals surface area contributed by atoms with Crippen LogP contribution < -0.4 is 0 Å². The van der Waals surface area contributed by atoms with Crippen molar-refractivity contribution in [2.45, 2.75) is 64.6 Å². The molecule has 96 valence electrons. The van der Waals surface area contributed by atoms with E-state index in [0.717, 1.165) is 23.3 Å². The highest BCUT2D eigenvalue weighted by Gasteiger charge is 2.35. The lowest BCUT2D eigenvalue weighted by atomic mass is 10.2. The fraction of sp³-hybridized carbons (Fsp3) is 0.857. The smallest absolute Gasteiger partial charge is 0.0671 e. The van der Waals surface area contributed by atoms with E-state index in [1.165, 1.54) is 0 Å². The van der Waals surface area contributed by atoms with Gasteiger partial charge in [0.1, 0.15) is 0 Å².